The van der Waals surface area contributed by atoms with E-state index in [0.717, 1.165) is 108 Å². The summed E-state index contributed by atoms with van der Waals surface area (Å²) in [7, 11) is 0. The van der Waals surface area contributed by atoms with E-state index in [4.69, 9.17) is 9.47 Å². The molecule has 4 aliphatic rings. The van der Waals surface area contributed by atoms with Gasteiger partial charge in [0, 0.05) is 40.1 Å². The summed E-state index contributed by atoms with van der Waals surface area (Å²) in [5.74, 6) is 3.13. The lowest BCUT2D eigenvalue weighted by atomic mass is 9.66. The molecule has 2 aromatic carbocycles. The summed E-state index contributed by atoms with van der Waals surface area (Å²) in [5, 5.41) is 51.9. The molecule has 0 aromatic heterocycles. The van der Waals surface area contributed by atoms with Crippen LogP contribution in [0.5, 0.6) is 23.0 Å². The van der Waals surface area contributed by atoms with Gasteiger partial charge >= 0.3 is 0 Å². The van der Waals surface area contributed by atoms with Crippen LogP contribution in [0.4, 0.5) is 0 Å². The van der Waals surface area contributed by atoms with Crippen LogP contribution in [0.1, 0.15) is 179 Å². The Bertz CT molecular complexity index is 1880. The van der Waals surface area contributed by atoms with Crippen molar-refractivity contribution in [3.05, 3.63) is 79.9 Å². The average molecular weight is 913 g/mol. The number of hydrogen-bond acceptors (Lipinski definition) is 9. The highest BCUT2D eigenvalue weighted by molar-refractivity contribution is 9.09. The number of phenols is 2. The monoisotopic (exact) mass is 911 g/mol. The Morgan fingerprint density at radius 2 is 1.11 bits per heavy atom. The largest absolute Gasteiger partial charge is 0.508 e. The van der Waals surface area contributed by atoms with E-state index in [1.165, 1.54) is 25.7 Å². The summed E-state index contributed by atoms with van der Waals surface area (Å²) in [6.07, 6.45) is 18.0. The fourth-order valence-corrected chi connectivity index (χ4v) is 10.8. The van der Waals surface area contributed by atoms with Gasteiger partial charge in [-0.2, -0.15) is 0 Å². The number of benzene rings is 2. The number of ether oxygens (including phenoxy) is 2. The topological polar surface area (TPSA) is 152 Å². The van der Waals surface area contributed by atoms with Crippen LogP contribution in [0.3, 0.4) is 0 Å². The Kier molecular flexibility index (Phi) is 16.4. The molecule has 0 unspecified atom stereocenters. The smallest absolute Gasteiger partial charge is 0.294 e. The first kappa shape index (κ1) is 48.7. The lowest BCUT2D eigenvalue weighted by Gasteiger charge is -2.47. The number of hydrogen-bond donors (Lipinski definition) is 4. The second kappa shape index (κ2) is 20.5. The van der Waals surface area contributed by atoms with Crippen molar-refractivity contribution in [1.29, 1.82) is 0 Å². The van der Waals surface area contributed by atoms with Crippen molar-refractivity contribution < 1.29 is 39.8 Å². The van der Waals surface area contributed by atoms with Crippen molar-refractivity contribution in [2.24, 2.45) is 11.8 Å². The number of aromatic hydroxyl groups is 2. The van der Waals surface area contributed by atoms with E-state index < -0.39 is 5.09 Å². The Balaban J connectivity index is 0.000000232. The van der Waals surface area contributed by atoms with E-state index in [1.807, 2.05) is 12.1 Å². The summed E-state index contributed by atoms with van der Waals surface area (Å²) in [5.41, 5.74) is 5.32. The lowest BCUT2D eigenvalue weighted by Crippen LogP contribution is -2.45. The Hall–Kier alpha value is -3.28. The number of aliphatic hydroxyl groups excluding tert-OH is 2. The highest BCUT2D eigenvalue weighted by atomic mass is 79.9. The van der Waals surface area contributed by atoms with Crippen LogP contribution in [-0.4, -0.2) is 61.9 Å². The minimum Gasteiger partial charge on any atom is -0.508 e. The minimum absolute atomic E-state index is 0.00596. The average Bonchev–Trinajstić information content (AvgIpc) is 3.19. The SMILES string of the molecule is CC(C)(CCCCCCBr)c1cc(O)c2c(c1)OC(C)(C)[C@@H]1CC=C(CO)C[C@@H]21.CC(C)(CCCCCCO[N+](=O)[O-])c1cc(O)c2c(c1)OC(C)(C)[C@@H]1CC=C(CO)C[C@@H]21. The first-order valence-electron chi connectivity index (χ1n) is 22.8. The fourth-order valence-electron chi connectivity index (χ4n) is 10.4. The zero-order valence-electron chi connectivity index (χ0n) is 38.2. The first-order valence-corrected chi connectivity index (χ1v) is 23.9. The highest BCUT2D eigenvalue weighted by Crippen LogP contribution is 2.56. The third kappa shape index (κ3) is 11.8. The third-order valence-electron chi connectivity index (χ3n) is 14.3. The lowest BCUT2D eigenvalue weighted by molar-refractivity contribution is -0.757. The molecule has 2 aliphatic carbocycles. The van der Waals surface area contributed by atoms with Gasteiger partial charge in [0.15, 0.2) is 0 Å². The quantitative estimate of drug-likeness (QED) is 0.0376. The Morgan fingerprint density at radius 3 is 1.51 bits per heavy atom. The number of halogens is 1. The van der Waals surface area contributed by atoms with Gasteiger partial charge in [-0.3, -0.25) is 0 Å². The minimum atomic E-state index is -0.745. The van der Waals surface area contributed by atoms with E-state index in [0.29, 0.717) is 18.1 Å². The van der Waals surface area contributed by atoms with Crippen LogP contribution in [0.2, 0.25) is 0 Å². The molecular weight excluding hydrogens is 838 g/mol. The maximum absolute atomic E-state index is 11.1. The molecular formula is C50H74BrNO9. The van der Waals surface area contributed by atoms with Gasteiger partial charge in [-0.1, -0.05) is 94.3 Å². The number of fused-ring (bicyclic) bond motifs is 6. The standard InChI is InChI=1S/C25H37BrO3.C25H37NO6/c1-24(2,11-7-5-6-8-12-26)18-14-21(28)23-19-13-17(16-27)9-10-20(19)25(3,4)29-22(23)15-18;1-24(2,11-7-5-6-8-12-31-26(29)30)18-14-21(28)23-19-13-17(16-27)9-10-20(19)25(3,4)32-22(23)15-18/h9,14-15,19-20,27-28H,5-8,10-13,16H2,1-4H3;9,14-15,19-20,27-28H,5-8,10-13,16H2,1-4H3/t2*19-,20-/m11/s1. The van der Waals surface area contributed by atoms with Gasteiger partial charge in [0.1, 0.15) is 34.2 Å². The van der Waals surface area contributed by atoms with Crippen molar-refractivity contribution in [2.45, 2.75) is 179 Å². The molecule has 10 nitrogen and oxygen atoms in total. The Labute approximate surface area is 373 Å². The molecule has 340 valence electrons. The maximum Gasteiger partial charge on any atom is 0.294 e. The zero-order chi connectivity index (χ0) is 44.8. The first-order chi connectivity index (χ1) is 28.7. The number of aliphatic hydroxyl groups is 2. The molecule has 4 N–H and O–H groups in total. The summed E-state index contributed by atoms with van der Waals surface area (Å²) in [4.78, 5) is 14.6. The summed E-state index contributed by atoms with van der Waals surface area (Å²) in [6.45, 7) is 17.7. The number of alkyl halides is 1. The molecule has 2 aliphatic heterocycles. The second-order valence-corrected chi connectivity index (χ2v) is 21.2. The molecule has 0 radical (unpaired) electrons. The van der Waals surface area contributed by atoms with Gasteiger partial charge in [-0.05, 0) is 136 Å². The van der Waals surface area contributed by atoms with Crippen LogP contribution >= 0.6 is 15.9 Å². The summed E-state index contributed by atoms with van der Waals surface area (Å²) in [6, 6.07) is 8.11. The molecule has 2 heterocycles. The van der Waals surface area contributed by atoms with Gasteiger partial charge in [0.2, 0.25) is 0 Å². The maximum atomic E-state index is 11.1. The molecule has 6 rings (SSSR count). The van der Waals surface area contributed by atoms with Crippen LogP contribution in [0, 0.1) is 22.0 Å². The predicted octanol–water partition coefficient (Wildman–Crippen LogP) is 12.0. The molecule has 0 amide bonds. The summed E-state index contributed by atoms with van der Waals surface area (Å²) >= 11 is 3.50. The van der Waals surface area contributed by atoms with Crippen molar-refractivity contribution >= 4 is 15.9 Å². The van der Waals surface area contributed by atoms with Crippen molar-refractivity contribution in [3.8, 4) is 23.0 Å². The highest BCUT2D eigenvalue weighted by Gasteiger charge is 2.48. The molecule has 0 spiro atoms. The molecule has 11 heteroatoms. The fraction of sp³-hybridized carbons (Fsp3) is 0.680. The van der Waals surface area contributed by atoms with Crippen LogP contribution in [0.15, 0.2) is 47.6 Å². The van der Waals surface area contributed by atoms with Crippen LogP contribution < -0.4 is 9.47 Å². The van der Waals surface area contributed by atoms with Crippen LogP contribution in [-0.2, 0) is 15.7 Å². The van der Waals surface area contributed by atoms with Crippen LogP contribution in [0.25, 0.3) is 0 Å². The zero-order valence-corrected chi connectivity index (χ0v) is 39.7. The van der Waals surface area contributed by atoms with Gasteiger partial charge in [0.05, 0.1) is 19.8 Å². The van der Waals surface area contributed by atoms with Crippen molar-refractivity contribution in [3.63, 3.8) is 0 Å². The predicted molar refractivity (Wildman–Crippen MR) is 246 cm³/mol. The van der Waals surface area contributed by atoms with E-state index in [2.05, 4.69) is 100 Å². The molecule has 0 saturated heterocycles. The van der Waals surface area contributed by atoms with Crippen molar-refractivity contribution in [1.82, 2.24) is 0 Å². The second-order valence-electron chi connectivity index (χ2n) is 20.4. The molecule has 0 fully saturated rings. The number of nitrogens with zero attached hydrogens (tertiary/aromatic N) is 1. The van der Waals surface area contributed by atoms with E-state index in [9.17, 15) is 30.5 Å². The molecule has 4 atom stereocenters. The van der Waals surface area contributed by atoms with Gasteiger partial charge < -0.3 is 34.7 Å². The van der Waals surface area contributed by atoms with Crippen molar-refractivity contribution in [2.75, 3.05) is 25.2 Å². The Morgan fingerprint density at radius 1 is 0.705 bits per heavy atom. The summed E-state index contributed by atoms with van der Waals surface area (Å²) < 4.78 is 12.9. The van der Waals surface area contributed by atoms with Gasteiger partial charge in [-0.15, -0.1) is 10.1 Å². The number of rotatable bonds is 18. The van der Waals surface area contributed by atoms with E-state index in [-0.39, 0.29) is 65.4 Å². The van der Waals surface area contributed by atoms with Gasteiger partial charge in [0.25, 0.3) is 5.09 Å². The van der Waals surface area contributed by atoms with E-state index >= 15 is 0 Å². The molecule has 2 aromatic rings. The number of phenolic OH excluding ortho intramolecular Hbond substituents is 2. The normalized spacial score (nSPS) is 22.3. The molecule has 0 saturated carbocycles. The molecule has 0 bridgehead atoms. The number of allylic oxidation sites excluding steroid dienone is 2. The van der Waals surface area contributed by atoms with Gasteiger partial charge in [-0.25, -0.2) is 0 Å². The van der Waals surface area contributed by atoms with E-state index in [1.54, 1.807) is 0 Å². The third-order valence-corrected chi connectivity index (χ3v) is 14.9. The molecule has 61 heavy (non-hydrogen) atoms. The number of unbranched alkanes of at least 4 members (excludes halogenated alkanes) is 6.